The topological polar surface area (TPSA) is 84.4 Å². The van der Waals surface area contributed by atoms with Gasteiger partial charge in [-0.05, 0) is 32.1 Å². The standard InChI is InChI=1S/C14H24N4O2/c1-3-11-12(15)13(17(2)16-11)14(20)18-8-5-4-6-10(18)7-9-19/h10,19H,3-9,15H2,1-2H3. The Hall–Kier alpha value is -1.56. The predicted octanol–water partition coefficient (Wildman–Crippen LogP) is 0.942. The van der Waals surface area contributed by atoms with Crippen molar-refractivity contribution in [2.75, 3.05) is 18.9 Å². The number of aryl methyl sites for hydroxylation is 2. The first-order chi connectivity index (χ1) is 9.60. The monoisotopic (exact) mass is 280 g/mol. The van der Waals surface area contributed by atoms with Crippen LogP contribution in [0.5, 0.6) is 0 Å². The van der Waals surface area contributed by atoms with Crippen molar-refractivity contribution >= 4 is 11.6 Å². The van der Waals surface area contributed by atoms with Gasteiger partial charge in [-0.2, -0.15) is 5.10 Å². The van der Waals surface area contributed by atoms with Crippen molar-refractivity contribution in [1.82, 2.24) is 14.7 Å². The predicted molar refractivity (Wildman–Crippen MR) is 77.4 cm³/mol. The summed E-state index contributed by atoms with van der Waals surface area (Å²) in [6.45, 7) is 2.81. The Morgan fingerprint density at radius 3 is 2.85 bits per heavy atom. The van der Waals surface area contributed by atoms with E-state index in [1.54, 1.807) is 11.7 Å². The van der Waals surface area contributed by atoms with Crippen LogP contribution in [-0.4, -0.2) is 44.9 Å². The summed E-state index contributed by atoms with van der Waals surface area (Å²) >= 11 is 0. The summed E-state index contributed by atoms with van der Waals surface area (Å²) in [7, 11) is 1.76. The second-order valence-electron chi connectivity index (χ2n) is 5.35. The molecule has 0 saturated carbocycles. The van der Waals surface area contributed by atoms with Gasteiger partial charge < -0.3 is 15.7 Å². The summed E-state index contributed by atoms with van der Waals surface area (Å²) in [4.78, 5) is 14.6. The Bertz CT molecular complexity index is 482. The van der Waals surface area contributed by atoms with Crippen LogP contribution in [0.15, 0.2) is 0 Å². The minimum absolute atomic E-state index is 0.0599. The minimum Gasteiger partial charge on any atom is -0.396 e. The molecule has 1 unspecified atom stereocenters. The molecule has 1 aromatic heterocycles. The molecule has 1 atom stereocenters. The zero-order valence-electron chi connectivity index (χ0n) is 12.3. The van der Waals surface area contributed by atoms with Crippen molar-refractivity contribution in [1.29, 1.82) is 0 Å². The van der Waals surface area contributed by atoms with Crippen LogP contribution in [0.25, 0.3) is 0 Å². The maximum Gasteiger partial charge on any atom is 0.274 e. The number of piperidine rings is 1. The van der Waals surface area contributed by atoms with Gasteiger partial charge in [-0.3, -0.25) is 9.48 Å². The number of hydrogen-bond acceptors (Lipinski definition) is 4. The van der Waals surface area contributed by atoms with Gasteiger partial charge in [0.25, 0.3) is 5.91 Å². The zero-order chi connectivity index (χ0) is 14.7. The number of hydrogen-bond donors (Lipinski definition) is 2. The number of nitrogens with two attached hydrogens (primary N) is 1. The van der Waals surface area contributed by atoms with Crippen LogP contribution in [-0.2, 0) is 13.5 Å². The summed E-state index contributed by atoms with van der Waals surface area (Å²) in [6, 6.07) is 0.112. The Morgan fingerprint density at radius 1 is 1.50 bits per heavy atom. The Balaban J connectivity index is 2.27. The van der Waals surface area contributed by atoms with Crippen LogP contribution in [0.2, 0.25) is 0 Å². The van der Waals surface area contributed by atoms with E-state index in [-0.39, 0.29) is 18.6 Å². The van der Waals surface area contributed by atoms with E-state index in [0.717, 1.165) is 31.5 Å². The molecule has 0 bridgehead atoms. The van der Waals surface area contributed by atoms with Gasteiger partial charge >= 0.3 is 0 Å². The van der Waals surface area contributed by atoms with Crippen molar-refractivity contribution in [2.45, 2.75) is 45.1 Å². The molecule has 0 spiro atoms. The van der Waals surface area contributed by atoms with E-state index in [1.165, 1.54) is 0 Å². The van der Waals surface area contributed by atoms with E-state index >= 15 is 0 Å². The SMILES string of the molecule is CCc1nn(C)c(C(=O)N2CCCCC2CCO)c1N. The van der Waals surface area contributed by atoms with Crippen LogP contribution >= 0.6 is 0 Å². The van der Waals surface area contributed by atoms with Crippen LogP contribution in [0, 0.1) is 0 Å². The van der Waals surface area contributed by atoms with Gasteiger partial charge in [-0.1, -0.05) is 6.92 Å². The fourth-order valence-corrected chi connectivity index (χ4v) is 2.96. The first kappa shape index (κ1) is 14.8. The molecule has 6 heteroatoms. The maximum absolute atomic E-state index is 12.8. The summed E-state index contributed by atoms with van der Waals surface area (Å²) in [6.07, 6.45) is 4.41. The van der Waals surface area contributed by atoms with E-state index in [0.29, 0.717) is 24.2 Å². The molecule has 3 N–H and O–H groups in total. The average molecular weight is 280 g/mol. The third-order valence-corrected chi connectivity index (χ3v) is 4.05. The second-order valence-corrected chi connectivity index (χ2v) is 5.35. The molecular weight excluding hydrogens is 256 g/mol. The van der Waals surface area contributed by atoms with Gasteiger partial charge in [0.1, 0.15) is 5.69 Å². The molecule has 1 saturated heterocycles. The molecular formula is C14H24N4O2. The number of aromatic nitrogens is 2. The molecule has 1 amide bonds. The highest BCUT2D eigenvalue weighted by atomic mass is 16.3. The number of nitrogen functional groups attached to an aromatic ring is 1. The third-order valence-electron chi connectivity index (χ3n) is 4.05. The Kier molecular flexibility index (Phi) is 4.65. The maximum atomic E-state index is 12.8. The molecule has 0 aromatic carbocycles. The lowest BCUT2D eigenvalue weighted by Crippen LogP contribution is -2.45. The lowest BCUT2D eigenvalue weighted by atomic mass is 9.99. The van der Waals surface area contributed by atoms with Gasteiger partial charge in [0.2, 0.25) is 0 Å². The highest BCUT2D eigenvalue weighted by Crippen LogP contribution is 2.25. The van der Waals surface area contributed by atoms with Crippen molar-refractivity contribution in [3.8, 4) is 0 Å². The van der Waals surface area contributed by atoms with Crippen LogP contribution in [0.1, 0.15) is 48.8 Å². The van der Waals surface area contributed by atoms with Crippen molar-refractivity contribution in [3.05, 3.63) is 11.4 Å². The number of amides is 1. The summed E-state index contributed by atoms with van der Waals surface area (Å²) in [5.74, 6) is -0.0599. The quantitative estimate of drug-likeness (QED) is 0.859. The summed E-state index contributed by atoms with van der Waals surface area (Å²) in [5, 5.41) is 13.5. The molecule has 1 aliphatic heterocycles. The molecule has 1 aromatic rings. The van der Waals surface area contributed by atoms with Crippen molar-refractivity contribution in [3.63, 3.8) is 0 Å². The third kappa shape index (κ3) is 2.65. The second kappa shape index (κ2) is 6.26. The Labute approximate surface area is 119 Å². The number of anilines is 1. The van der Waals surface area contributed by atoms with Crippen molar-refractivity contribution < 1.29 is 9.90 Å². The number of likely N-dealkylation sites (tertiary alicyclic amines) is 1. The number of rotatable bonds is 4. The molecule has 0 aliphatic carbocycles. The molecule has 112 valence electrons. The molecule has 20 heavy (non-hydrogen) atoms. The number of aliphatic hydroxyl groups excluding tert-OH is 1. The minimum atomic E-state index is -0.0599. The van der Waals surface area contributed by atoms with E-state index < -0.39 is 0 Å². The number of carbonyl (C=O) groups is 1. The van der Waals surface area contributed by atoms with Gasteiger partial charge in [0, 0.05) is 26.2 Å². The first-order valence-electron chi connectivity index (χ1n) is 7.33. The fraction of sp³-hybridized carbons (Fsp3) is 0.714. The van der Waals surface area contributed by atoms with Gasteiger partial charge in [-0.15, -0.1) is 0 Å². The highest BCUT2D eigenvalue weighted by molar-refractivity contribution is 5.98. The molecule has 2 heterocycles. The molecule has 1 aliphatic rings. The van der Waals surface area contributed by atoms with Crippen molar-refractivity contribution in [2.24, 2.45) is 7.05 Å². The van der Waals surface area contributed by atoms with Crippen LogP contribution in [0.3, 0.4) is 0 Å². The highest BCUT2D eigenvalue weighted by Gasteiger charge is 2.30. The van der Waals surface area contributed by atoms with Gasteiger partial charge in [0.15, 0.2) is 0 Å². The summed E-state index contributed by atoms with van der Waals surface area (Å²) < 4.78 is 1.58. The number of nitrogens with zero attached hydrogens (tertiary/aromatic N) is 3. The van der Waals surface area contributed by atoms with Gasteiger partial charge in [0.05, 0.1) is 11.4 Å². The smallest absolute Gasteiger partial charge is 0.274 e. The molecule has 6 nitrogen and oxygen atoms in total. The van der Waals surface area contributed by atoms with E-state index in [2.05, 4.69) is 5.10 Å². The average Bonchev–Trinajstić information content (AvgIpc) is 2.73. The fourth-order valence-electron chi connectivity index (χ4n) is 2.96. The molecule has 1 fully saturated rings. The lowest BCUT2D eigenvalue weighted by Gasteiger charge is -2.35. The normalized spacial score (nSPS) is 19.4. The summed E-state index contributed by atoms with van der Waals surface area (Å²) in [5.41, 5.74) is 7.80. The number of carbonyl (C=O) groups excluding carboxylic acids is 1. The van der Waals surface area contributed by atoms with E-state index in [1.807, 2.05) is 11.8 Å². The number of aliphatic hydroxyl groups is 1. The largest absolute Gasteiger partial charge is 0.396 e. The zero-order valence-corrected chi connectivity index (χ0v) is 12.3. The van der Waals surface area contributed by atoms with E-state index in [4.69, 9.17) is 10.8 Å². The Morgan fingerprint density at radius 2 is 2.25 bits per heavy atom. The van der Waals surface area contributed by atoms with Crippen LogP contribution in [0.4, 0.5) is 5.69 Å². The molecule has 0 radical (unpaired) electrons. The van der Waals surface area contributed by atoms with E-state index in [9.17, 15) is 4.79 Å². The van der Waals surface area contributed by atoms with Crippen LogP contribution < -0.4 is 5.73 Å². The van der Waals surface area contributed by atoms with Gasteiger partial charge in [-0.25, -0.2) is 0 Å². The first-order valence-corrected chi connectivity index (χ1v) is 7.33. The lowest BCUT2D eigenvalue weighted by molar-refractivity contribution is 0.0564. The molecule has 2 rings (SSSR count).